The van der Waals surface area contributed by atoms with Crippen LogP contribution in [0.25, 0.3) is 0 Å². The number of carbonyl (C=O) groups is 1. The van der Waals surface area contributed by atoms with Crippen LogP contribution in [0.3, 0.4) is 0 Å². The molecule has 0 aliphatic heterocycles. The number of anilines is 5. The lowest BCUT2D eigenvalue weighted by Crippen LogP contribution is -2.34. The number of hydrogen-bond acceptors (Lipinski definition) is 7. The minimum Gasteiger partial charge on any atom is -0.370 e. The summed E-state index contributed by atoms with van der Waals surface area (Å²) in [5, 5.41) is 6.44. The standard InChI is InChI=1S/C38H57N5O5S2/c1-13-43(19-18-39-49(12,45)46)30-15-17-33(27(8)20-30)40-34-16-14-29(23-35(34)41-37(44)38(9,10)11)42-50(47,48)36-31(25(4)5)21-28(24(2)3)22-32(36)26(6)7/h14-17,20-26,39-40,42H,13,18-19H2,1-12H3,(H,41,44). The first-order chi connectivity index (χ1) is 23.0. The topological polar surface area (TPSA) is 137 Å². The van der Waals surface area contributed by atoms with E-state index in [2.05, 4.69) is 38.8 Å². The molecule has 0 saturated carbocycles. The second kappa shape index (κ2) is 16.2. The van der Waals surface area contributed by atoms with Gasteiger partial charge in [-0.05, 0) is 90.3 Å². The van der Waals surface area contributed by atoms with E-state index >= 15 is 0 Å². The minimum atomic E-state index is -4.02. The highest BCUT2D eigenvalue weighted by molar-refractivity contribution is 7.92. The zero-order valence-electron chi connectivity index (χ0n) is 31.8. The van der Waals surface area contributed by atoms with Crippen LogP contribution in [-0.4, -0.2) is 48.6 Å². The number of aryl methyl sites for hydroxylation is 1. The molecule has 0 unspecified atom stereocenters. The third-order valence-corrected chi connectivity index (χ3v) is 10.8. The molecule has 0 atom stereocenters. The molecule has 3 rings (SSSR count). The van der Waals surface area contributed by atoms with Crippen molar-refractivity contribution < 1.29 is 21.6 Å². The van der Waals surface area contributed by atoms with E-state index in [4.69, 9.17) is 0 Å². The Morgan fingerprint density at radius 2 is 1.38 bits per heavy atom. The molecule has 0 aromatic heterocycles. The molecule has 0 bridgehead atoms. The molecule has 4 N–H and O–H groups in total. The molecule has 0 radical (unpaired) electrons. The van der Waals surface area contributed by atoms with Gasteiger partial charge in [-0.25, -0.2) is 21.6 Å². The van der Waals surface area contributed by atoms with E-state index in [9.17, 15) is 21.6 Å². The Morgan fingerprint density at radius 1 is 0.800 bits per heavy atom. The number of carbonyl (C=O) groups excluding carboxylic acids is 1. The lowest BCUT2D eigenvalue weighted by Gasteiger charge is -2.25. The maximum atomic E-state index is 14.2. The van der Waals surface area contributed by atoms with Gasteiger partial charge in [-0.15, -0.1) is 0 Å². The van der Waals surface area contributed by atoms with Crippen LogP contribution >= 0.6 is 0 Å². The molecule has 0 fully saturated rings. The third kappa shape index (κ3) is 10.7. The molecular formula is C38H57N5O5S2. The lowest BCUT2D eigenvalue weighted by molar-refractivity contribution is -0.123. The van der Waals surface area contributed by atoms with E-state index in [0.29, 0.717) is 41.6 Å². The van der Waals surface area contributed by atoms with Crippen LogP contribution in [0.2, 0.25) is 0 Å². The Balaban J connectivity index is 2.03. The maximum Gasteiger partial charge on any atom is 0.262 e. The Hall–Kier alpha value is -3.61. The van der Waals surface area contributed by atoms with Crippen molar-refractivity contribution >= 4 is 54.4 Å². The van der Waals surface area contributed by atoms with Crippen LogP contribution in [0.1, 0.15) is 109 Å². The van der Waals surface area contributed by atoms with Gasteiger partial charge in [0.2, 0.25) is 15.9 Å². The smallest absolute Gasteiger partial charge is 0.262 e. The van der Waals surface area contributed by atoms with Crippen LogP contribution in [0.4, 0.5) is 28.4 Å². The highest BCUT2D eigenvalue weighted by Gasteiger charge is 2.28. The predicted octanol–water partition coefficient (Wildman–Crippen LogP) is 8.27. The van der Waals surface area contributed by atoms with Gasteiger partial charge in [0.15, 0.2) is 0 Å². The Morgan fingerprint density at radius 3 is 1.86 bits per heavy atom. The summed E-state index contributed by atoms with van der Waals surface area (Å²) in [4.78, 5) is 15.6. The number of benzene rings is 3. The van der Waals surface area contributed by atoms with Gasteiger partial charge < -0.3 is 15.5 Å². The Bertz CT molecular complexity index is 1870. The molecule has 0 aliphatic carbocycles. The van der Waals surface area contributed by atoms with E-state index in [-0.39, 0.29) is 23.7 Å². The van der Waals surface area contributed by atoms with Crippen molar-refractivity contribution in [3.8, 4) is 0 Å². The van der Waals surface area contributed by atoms with E-state index in [0.717, 1.165) is 39.9 Å². The summed E-state index contributed by atoms with van der Waals surface area (Å²) in [6, 6.07) is 15.0. The first-order valence-electron chi connectivity index (χ1n) is 17.3. The van der Waals surface area contributed by atoms with Crippen molar-refractivity contribution in [2.24, 2.45) is 5.41 Å². The summed E-state index contributed by atoms with van der Waals surface area (Å²) < 4.78 is 56.9. The second-order valence-electron chi connectivity index (χ2n) is 14.9. The minimum absolute atomic E-state index is 0.0193. The third-order valence-electron chi connectivity index (χ3n) is 8.52. The average Bonchev–Trinajstić information content (AvgIpc) is 2.99. The SMILES string of the molecule is CCN(CCNS(C)(=O)=O)c1ccc(Nc2ccc(NS(=O)(=O)c3c(C(C)C)cc(C(C)C)cc3C(C)C)cc2NC(=O)C(C)(C)C)c(C)c1. The largest absolute Gasteiger partial charge is 0.370 e. The number of nitrogens with zero attached hydrogens (tertiary/aromatic N) is 1. The van der Waals surface area contributed by atoms with Gasteiger partial charge in [0.1, 0.15) is 0 Å². The van der Waals surface area contributed by atoms with E-state index in [1.165, 1.54) is 0 Å². The van der Waals surface area contributed by atoms with E-state index < -0.39 is 25.5 Å². The normalized spacial score (nSPS) is 12.5. The summed E-state index contributed by atoms with van der Waals surface area (Å²) in [7, 11) is -7.29. The van der Waals surface area contributed by atoms with Crippen molar-refractivity contribution in [2.75, 3.05) is 46.1 Å². The van der Waals surface area contributed by atoms with Gasteiger partial charge in [-0.3, -0.25) is 9.52 Å². The van der Waals surface area contributed by atoms with Crippen molar-refractivity contribution in [1.82, 2.24) is 4.72 Å². The number of sulfonamides is 2. The van der Waals surface area contributed by atoms with Crippen LogP contribution in [0, 0.1) is 12.3 Å². The van der Waals surface area contributed by atoms with Gasteiger partial charge in [0.25, 0.3) is 10.0 Å². The highest BCUT2D eigenvalue weighted by atomic mass is 32.2. The summed E-state index contributed by atoms with van der Waals surface area (Å²) >= 11 is 0. The molecule has 12 heteroatoms. The molecule has 3 aromatic carbocycles. The fraction of sp³-hybridized carbons (Fsp3) is 0.500. The molecular weight excluding hydrogens is 671 g/mol. The van der Waals surface area contributed by atoms with E-state index in [1.54, 1.807) is 18.2 Å². The average molecular weight is 728 g/mol. The van der Waals surface area contributed by atoms with Crippen molar-refractivity contribution in [3.05, 3.63) is 70.8 Å². The summed E-state index contributed by atoms with van der Waals surface area (Å²) in [5.41, 5.74) is 5.99. The lowest BCUT2D eigenvalue weighted by atomic mass is 9.89. The summed E-state index contributed by atoms with van der Waals surface area (Å²) in [6.07, 6.45) is 1.14. The zero-order chi connectivity index (χ0) is 37.8. The summed E-state index contributed by atoms with van der Waals surface area (Å²) in [6.45, 7) is 23.2. The van der Waals surface area contributed by atoms with Crippen LogP contribution in [-0.2, 0) is 24.8 Å². The number of nitrogens with one attached hydrogen (secondary N) is 4. The van der Waals surface area contributed by atoms with Gasteiger partial charge in [0.05, 0.1) is 28.2 Å². The number of hydrogen-bond donors (Lipinski definition) is 4. The Labute approximate surface area is 300 Å². The number of rotatable bonds is 15. The molecule has 0 saturated heterocycles. The van der Waals surface area contributed by atoms with Crippen molar-refractivity contribution in [1.29, 1.82) is 0 Å². The number of amides is 1. The fourth-order valence-electron chi connectivity index (χ4n) is 5.50. The monoisotopic (exact) mass is 727 g/mol. The summed E-state index contributed by atoms with van der Waals surface area (Å²) in [5.74, 6) is -0.0101. The van der Waals surface area contributed by atoms with Gasteiger partial charge in [-0.1, -0.05) is 74.4 Å². The van der Waals surface area contributed by atoms with Crippen molar-refractivity contribution in [2.45, 2.75) is 98.8 Å². The highest BCUT2D eigenvalue weighted by Crippen LogP contribution is 2.38. The molecule has 0 spiro atoms. The zero-order valence-corrected chi connectivity index (χ0v) is 33.4. The first-order valence-corrected chi connectivity index (χ1v) is 20.6. The molecule has 50 heavy (non-hydrogen) atoms. The van der Waals surface area contributed by atoms with Gasteiger partial charge >= 0.3 is 0 Å². The molecule has 0 heterocycles. The Kier molecular flexibility index (Phi) is 13.2. The molecule has 276 valence electrons. The first kappa shape index (κ1) is 40.8. The van der Waals surface area contributed by atoms with Crippen LogP contribution < -0.4 is 25.0 Å². The fourth-order valence-corrected chi connectivity index (χ4v) is 7.71. The molecule has 0 aliphatic rings. The quantitative estimate of drug-likeness (QED) is 0.124. The molecule has 10 nitrogen and oxygen atoms in total. The molecule has 1 amide bonds. The second-order valence-corrected chi connectivity index (χ2v) is 18.4. The van der Waals surface area contributed by atoms with Crippen LogP contribution in [0.15, 0.2) is 53.4 Å². The van der Waals surface area contributed by atoms with Gasteiger partial charge in [0, 0.05) is 36.4 Å². The van der Waals surface area contributed by atoms with Gasteiger partial charge in [-0.2, -0.15) is 0 Å². The van der Waals surface area contributed by atoms with Crippen LogP contribution in [0.5, 0.6) is 0 Å². The molecule has 3 aromatic rings. The van der Waals surface area contributed by atoms with E-state index in [1.807, 2.05) is 92.6 Å². The number of likely N-dealkylation sites (N-methyl/N-ethyl adjacent to an activating group) is 1. The maximum absolute atomic E-state index is 14.2. The predicted molar refractivity (Wildman–Crippen MR) is 209 cm³/mol. The van der Waals surface area contributed by atoms with Crippen molar-refractivity contribution in [3.63, 3.8) is 0 Å².